The van der Waals surface area contributed by atoms with E-state index >= 15 is 0 Å². The van der Waals surface area contributed by atoms with Gasteiger partial charge in [0.25, 0.3) is 0 Å². The molecule has 1 heterocycles. The van der Waals surface area contributed by atoms with Crippen molar-refractivity contribution in [2.75, 3.05) is 32.9 Å². The molecule has 0 amide bonds. The van der Waals surface area contributed by atoms with Gasteiger partial charge >= 0.3 is 0 Å². The molecule has 1 saturated heterocycles. The van der Waals surface area contributed by atoms with Crippen LogP contribution < -0.4 is 0 Å². The highest BCUT2D eigenvalue weighted by atomic mass is 16.3. The molecule has 4 nitrogen and oxygen atoms in total. The maximum Gasteiger partial charge on any atom is 0.0519 e. The van der Waals surface area contributed by atoms with E-state index in [2.05, 4.69) is 4.90 Å². The van der Waals surface area contributed by atoms with Crippen molar-refractivity contribution in [1.82, 2.24) is 4.90 Å². The summed E-state index contributed by atoms with van der Waals surface area (Å²) in [6, 6.07) is 0.518. The first-order valence-electron chi connectivity index (χ1n) is 6.22. The van der Waals surface area contributed by atoms with Crippen LogP contribution >= 0.6 is 0 Å². The van der Waals surface area contributed by atoms with Crippen molar-refractivity contribution in [3.63, 3.8) is 0 Å². The Labute approximate surface area is 97.9 Å². The predicted octanol–water partition coefficient (Wildman–Crippen LogP) is 0.214. The predicted molar refractivity (Wildman–Crippen MR) is 63.2 cm³/mol. The van der Waals surface area contributed by atoms with Gasteiger partial charge in [0, 0.05) is 24.6 Å². The first-order valence-corrected chi connectivity index (χ1v) is 6.22. The third kappa shape index (κ3) is 3.70. The molecule has 4 heteroatoms. The summed E-state index contributed by atoms with van der Waals surface area (Å²) in [6.07, 6.45) is 4.22. The van der Waals surface area contributed by atoms with Gasteiger partial charge in [-0.2, -0.15) is 0 Å². The van der Waals surface area contributed by atoms with Crippen LogP contribution in [0.25, 0.3) is 0 Å². The van der Waals surface area contributed by atoms with Gasteiger partial charge in [-0.3, -0.25) is 4.90 Å². The monoisotopic (exact) mass is 231 g/mol. The van der Waals surface area contributed by atoms with Crippen molar-refractivity contribution in [2.45, 2.75) is 38.6 Å². The maximum absolute atomic E-state index is 9.28. The van der Waals surface area contributed by atoms with Crippen molar-refractivity contribution in [3.8, 4) is 0 Å². The van der Waals surface area contributed by atoms with Crippen molar-refractivity contribution in [3.05, 3.63) is 0 Å². The van der Waals surface area contributed by atoms with E-state index in [1.54, 1.807) is 0 Å². The molecule has 16 heavy (non-hydrogen) atoms. The molecule has 0 aliphatic carbocycles. The minimum Gasteiger partial charge on any atom is -0.396 e. The molecule has 1 atom stereocenters. The van der Waals surface area contributed by atoms with Gasteiger partial charge in [-0.15, -0.1) is 0 Å². The summed E-state index contributed by atoms with van der Waals surface area (Å²) in [5.74, 6) is 0. The van der Waals surface area contributed by atoms with Crippen LogP contribution in [-0.2, 0) is 0 Å². The lowest BCUT2D eigenvalue weighted by Gasteiger charge is -2.33. The molecular weight excluding hydrogens is 206 g/mol. The van der Waals surface area contributed by atoms with Gasteiger partial charge in [0.2, 0.25) is 0 Å². The fourth-order valence-corrected chi connectivity index (χ4v) is 2.40. The van der Waals surface area contributed by atoms with Crippen LogP contribution in [0, 0.1) is 5.41 Å². The van der Waals surface area contributed by atoms with Crippen molar-refractivity contribution in [2.24, 2.45) is 5.41 Å². The Morgan fingerprint density at radius 3 is 2.50 bits per heavy atom. The van der Waals surface area contributed by atoms with Crippen LogP contribution in [0.2, 0.25) is 0 Å². The van der Waals surface area contributed by atoms with E-state index in [1.165, 1.54) is 12.8 Å². The van der Waals surface area contributed by atoms with E-state index in [9.17, 15) is 10.2 Å². The zero-order valence-electron chi connectivity index (χ0n) is 10.2. The molecular formula is C12H25NO3. The minimum absolute atomic E-state index is 0.0206. The smallest absolute Gasteiger partial charge is 0.0519 e. The van der Waals surface area contributed by atoms with Gasteiger partial charge in [0.05, 0.1) is 13.2 Å². The minimum atomic E-state index is -0.401. The molecule has 1 aliphatic heterocycles. The second-order valence-corrected chi connectivity index (χ2v) is 5.26. The molecule has 1 unspecified atom stereocenters. The third-order valence-corrected chi connectivity index (χ3v) is 3.54. The van der Waals surface area contributed by atoms with Gasteiger partial charge in [-0.05, 0) is 32.2 Å². The van der Waals surface area contributed by atoms with Crippen LogP contribution in [0.15, 0.2) is 0 Å². The average molecular weight is 231 g/mol. The summed E-state index contributed by atoms with van der Waals surface area (Å²) < 4.78 is 0. The topological polar surface area (TPSA) is 63.9 Å². The summed E-state index contributed by atoms with van der Waals surface area (Å²) >= 11 is 0. The molecule has 0 aromatic carbocycles. The van der Waals surface area contributed by atoms with E-state index in [1.807, 2.05) is 6.92 Å². The second-order valence-electron chi connectivity index (χ2n) is 5.26. The van der Waals surface area contributed by atoms with Crippen LogP contribution in [0.3, 0.4) is 0 Å². The zero-order chi connectivity index (χ0) is 12.0. The van der Waals surface area contributed by atoms with E-state index in [-0.39, 0.29) is 19.8 Å². The van der Waals surface area contributed by atoms with Gasteiger partial charge < -0.3 is 15.3 Å². The quantitative estimate of drug-likeness (QED) is 0.586. The van der Waals surface area contributed by atoms with E-state index in [0.29, 0.717) is 6.04 Å². The summed E-state index contributed by atoms with van der Waals surface area (Å²) in [6.45, 7) is 4.00. The van der Waals surface area contributed by atoms with Gasteiger partial charge in [0.15, 0.2) is 0 Å². The van der Waals surface area contributed by atoms with Crippen molar-refractivity contribution in [1.29, 1.82) is 0 Å². The summed E-state index contributed by atoms with van der Waals surface area (Å²) in [5.41, 5.74) is -0.401. The Bertz CT molecular complexity index is 195. The van der Waals surface area contributed by atoms with Crippen LogP contribution in [0.1, 0.15) is 32.6 Å². The molecule has 3 N–H and O–H groups in total. The number of aliphatic hydroxyl groups excluding tert-OH is 3. The Hall–Kier alpha value is -0.160. The number of hydrogen-bond acceptors (Lipinski definition) is 4. The van der Waals surface area contributed by atoms with E-state index in [4.69, 9.17) is 5.11 Å². The lowest BCUT2D eigenvalue weighted by molar-refractivity contribution is 0.0298. The average Bonchev–Trinajstić information content (AvgIpc) is 2.73. The Morgan fingerprint density at radius 1 is 1.25 bits per heavy atom. The SMILES string of the molecule is CC(CO)(CO)CN1CCCC1CCCO. The number of nitrogens with zero attached hydrogens (tertiary/aromatic N) is 1. The van der Waals surface area contributed by atoms with Gasteiger partial charge in [-0.1, -0.05) is 6.92 Å². The normalized spacial score (nSPS) is 22.9. The Morgan fingerprint density at radius 2 is 1.94 bits per heavy atom. The highest BCUT2D eigenvalue weighted by Gasteiger charge is 2.31. The zero-order valence-corrected chi connectivity index (χ0v) is 10.2. The molecule has 0 aromatic rings. The lowest BCUT2D eigenvalue weighted by Crippen LogP contribution is -2.43. The highest BCUT2D eigenvalue weighted by Crippen LogP contribution is 2.26. The number of aliphatic hydroxyl groups is 3. The first kappa shape index (κ1) is 13.9. The molecule has 0 radical (unpaired) electrons. The number of likely N-dealkylation sites (tertiary alicyclic amines) is 1. The molecule has 0 spiro atoms. The fourth-order valence-electron chi connectivity index (χ4n) is 2.40. The van der Waals surface area contributed by atoms with Crippen LogP contribution in [0.5, 0.6) is 0 Å². The summed E-state index contributed by atoms with van der Waals surface area (Å²) in [4.78, 5) is 2.35. The molecule has 1 aliphatic rings. The van der Waals surface area contributed by atoms with E-state index in [0.717, 1.165) is 25.9 Å². The molecule has 1 fully saturated rings. The second kappa shape index (κ2) is 6.55. The maximum atomic E-state index is 9.28. The first-order chi connectivity index (χ1) is 7.65. The number of hydrogen-bond donors (Lipinski definition) is 3. The standard InChI is InChI=1S/C12H25NO3/c1-12(9-15,10-16)8-13-6-2-4-11(13)5-3-7-14/h11,14-16H,2-10H2,1H3. The van der Waals surface area contributed by atoms with Crippen LogP contribution in [0.4, 0.5) is 0 Å². The Balaban J connectivity index is 2.45. The summed E-state index contributed by atoms with van der Waals surface area (Å²) in [7, 11) is 0. The molecule has 1 rings (SSSR count). The molecule has 0 saturated carbocycles. The molecule has 0 bridgehead atoms. The highest BCUT2D eigenvalue weighted by molar-refractivity contribution is 4.85. The van der Waals surface area contributed by atoms with Crippen molar-refractivity contribution < 1.29 is 15.3 Å². The van der Waals surface area contributed by atoms with E-state index < -0.39 is 5.41 Å². The Kier molecular flexibility index (Phi) is 5.69. The fraction of sp³-hybridized carbons (Fsp3) is 1.00. The van der Waals surface area contributed by atoms with Gasteiger partial charge in [0.1, 0.15) is 0 Å². The lowest BCUT2D eigenvalue weighted by atomic mass is 9.91. The number of rotatable bonds is 7. The third-order valence-electron chi connectivity index (χ3n) is 3.54. The summed E-state index contributed by atoms with van der Waals surface area (Å²) in [5, 5.41) is 27.4. The van der Waals surface area contributed by atoms with Gasteiger partial charge in [-0.25, -0.2) is 0 Å². The molecule has 0 aromatic heterocycles. The molecule has 96 valence electrons. The van der Waals surface area contributed by atoms with Crippen molar-refractivity contribution >= 4 is 0 Å². The van der Waals surface area contributed by atoms with Crippen LogP contribution in [-0.4, -0.2) is 59.2 Å². The largest absolute Gasteiger partial charge is 0.396 e.